The van der Waals surface area contributed by atoms with Gasteiger partial charge in [0.15, 0.2) is 0 Å². The lowest BCUT2D eigenvalue weighted by atomic mass is 10.1. The average molecular weight is 273 g/mol. The van der Waals surface area contributed by atoms with Crippen LogP contribution in [-0.4, -0.2) is 9.91 Å². The first-order valence-electron chi connectivity index (χ1n) is 6.07. The minimum atomic E-state index is -0.393. The molecule has 0 aliphatic heterocycles. The molecule has 1 heterocycles. The molecule has 0 aliphatic carbocycles. The van der Waals surface area contributed by atoms with Crippen molar-refractivity contribution in [3.8, 4) is 5.75 Å². The van der Waals surface area contributed by atoms with Crippen LogP contribution in [0.15, 0.2) is 30.5 Å². The Labute approximate surface area is 116 Å². The number of rotatable bonds is 4. The van der Waals surface area contributed by atoms with Gasteiger partial charge in [0, 0.05) is 23.5 Å². The van der Waals surface area contributed by atoms with Gasteiger partial charge in [0.05, 0.1) is 16.2 Å². The number of aromatic nitrogens is 1. The van der Waals surface area contributed by atoms with Gasteiger partial charge in [-0.3, -0.25) is 15.1 Å². The van der Waals surface area contributed by atoms with Gasteiger partial charge in [-0.1, -0.05) is 6.07 Å². The monoisotopic (exact) mass is 273 g/mol. The van der Waals surface area contributed by atoms with Crippen molar-refractivity contribution in [2.75, 3.05) is 5.73 Å². The maximum absolute atomic E-state index is 11.0. The molecule has 0 radical (unpaired) electrons. The van der Waals surface area contributed by atoms with Crippen molar-refractivity contribution in [1.29, 1.82) is 0 Å². The van der Waals surface area contributed by atoms with Crippen LogP contribution in [0.25, 0.3) is 0 Å². The number of nitro groups is 1. The van der Waals surface area contributed by atoms with Gasteiger partial charge in [-0.05, 0) is 26.0 Å². The molecule has 0 unspecified atom stereocenters. The van der Waals surface area contributed by atoms with Gasteiger partial charge in [0.2, 0.25) is 0 Å². The number of ether oxygens (including phenoxy) is 1. The van der Waals surface area contributed by atoms with E-state index in [9.17, 15) is 10.1 Å². The minimum Gasteiger partial charge on any atom is -0.487 e. The highest BCUT2D eigenvalue weighted by molar-refractivity contribution is 5.47. The molecular weight excluding hydrogens is 258 g/mol. The number of nitrogens with zero attached hydrogens (tertiary/aromatic N) is 2. The SMILES string of the molecule is Cc1cnc(COc2cccc(N)c2)c(C)c1[N+](=O)[O-]. The number of nitrogen functional groups attached to an aromatic ring is 1. The van der Waals surface area contributed by atoms with Crippen molar-refractivity contribution in [2.24, 2.45) is 0 Å². The van der Waals surface area contributed by atoms with Crippen LogP contribution in [0.1, 0.15) is 16.8 Å². The Kier molecular flexibility index (Phi) is 3.84. The number of nitrogens with two attached hydrogens (primary N) is 1. The first-order chi connectivity index (χ1) is 9.49. The summed E-state index contributed by atoms with van der Waals surface area (Å²) in [6.07, 6.45) is 1.49. The molecule has 2 N–H and O–H groups in total. The molecule has 0 spiro atoms. The van der Waals surface area contributed by atoms with Gasteiger partial charge in [-0.25, -0.2) is 0 Å². The van der Waals surface area contributed by atoms with Gasteiger partial charge < -0.3 is 10.5 Å². The summed E-state index contributed by atoms with van der Waals surface area (Å²) in [6.45, 7) is 3.51. The number of anilines is 1. The smallest absolute Gasteiger partial charge is 0.278 e. The lowest BCUT2D eigenvalue weighted by molar-refractivity contribution is -0.386. The molecule has 0 saturated heterocycles. The number of benzene rings is 1. The molecule has 6 heteroatoms. The average Bonchev–Trinajstić information content (AvgIpc) is 2.37. The van der Waals surface area contributed by atoms with Crippen molar-refractivity contribution in [3.63, 3.8) is 0 Å². The summed E-state index contributed by atoms with van der Waals surface area (Å²) in [7, 11) is 0. The number of pyridine rings is 1. The van der Waals surface area contributed by atoms with Crippen LogP contribution in [0.3, 0.4) is 0 Å². The van der Waals surface area contributed by atoms with Crippen molar-refractivity contribution >= 4 is 11.4 Å². The van der Waals surface area contributed by atoms with Crippen LogP contribution in [-0.2, 0) is 6.61 Å². The number of aryl methyl sites for hydroxylation is 1. The molecule has 104 valence electrons. The highest BCUT2D eigenvalue weighted by Gasteiger charge is 2.18. The molecule has 2 rings (SSSR count). The molecule has 2 aromatic rings. The number of hydrogen-bond donors (Lipinski definition) is 1. The number of hydrogen-bond acceptors (Lipinski definition) is 5. The van der Waals surface area contributed by atoms with E-state index in [1.54, 1.807) is 38.1 Å². The maximum Gasteiger partial charge on any atom is 0.278 e. The van der Waals surface area contributed by atoms with Gasteiger partial charge in [-0.15, -0.1) is 0 Å². The Morgan fingerprint density at radius 1 is 1.40 bits per heavy atom. The van der Waals surface area contributed by atoms with E-state index in [1.807, 2.05) is 0 Å². The summed E-state index contributed by atoms with van der Waals surface area (Å²) in [4.78, 5) is 14.8. The Bertz CT molecular complexity index is 656. The fourth-order valence-corrected chi connectivity index (χ4v) is 1.95. The van der Waals surface area contributed by atoms with Crippen molar-refractivity contribution in [1.82, 2.24) is 4.98 Å². The van der Waals surface area contributed by atoms with Crippen LogP contribution in [0, 0.1) is 24.0 Å². The largest absolute Gasteiger partial charge is 0.487 e. The molecule has 0 bridgehead atoms. The fourth-order valence-electron chi connectivity index (χ4n) is 1.95. The van der Waals surface area contributed by atoms with Crippen LogP contribution >= 0.6 is 0 Å². The van der Waals surface area contributed by atoms with Gasteiger partial charge in [0.25, 0.3) is 5.69 Å². The van der Waals surface area contributed by atoms with Gasteiger partial charge in [-0.2, -0.15) is 0 Å². The molecule has 0 amide bonds. The van der Waals surface area contributed by atoms with E-state index >= 15 is 0 Å². The molecule has 0 atom stereocenters. The summed E-state index contributed by atoms with van der Waals surface area (Å²) in [5.41, 5.74) is 7.96. The molecule has 0 aliphatic rings. The molecular formula is C14H15N3O3. The zero-order valence-electron chi connectivity index (χ0n) is 11.3. The fraction of sp³-hybridized carbons (Fsp3) is 0.214. The summed E-state index contributed by atoms with van der Waals surface area (Å²) in [5.74, 6) is 0.606. The van der Waals surface area contributed by atoms with Gasteiger partial charge in [0.1, 0.15) is 12.4 Å². The van der Waals surface area contributed by atoms with Crippen molar-refractivity contribution < 1.29 is 9.66 Å². The summed E-state index contributed by atoms with van der Waals surface area (Å²) in [6, 6.07) is 7.00. The maximum atomic E-state index is 11.0. The second-order valence-electron chi connectivity index (χ2n) is 4.48. The Balaban J connectivity index is 2.22. The normalized spacial score (nSPS) is 10.3. The molecule has 6 nitrogen and oxygen atoms in total. The van der Waals surface area contributed by atoms with E-state index in [2.05, 4.69) is 4.98 Å². The lowest BCUT2D eigenvalue weighted by Crippen LogP contribution is -2.05. The third-order valence-electron chi connectivity index (χ3n) is 2.99. The standard InChI is InChI=1S/C14H15N3O3/c1-9-7-16-13(10(2)14(9)17(18)19)8-20-12-5-3-4-11(15)6-12/h3-7H,8,15H2,1-2H3. The second-order valence-corrected chi connectivity index (χ2v) is 4.48. The van der Waals surface area contributed by atoms with E-state index in [1.165, 1.54) is 6.20 Å². The Hall–Kier alpha value is -2.63. The second kappa shape index (κ2) is 5.56. The summed E-state index contributed by atoms with van der Waals surface area (Å²) in [5, 5.41) is 11.0. The molecule has 0 saturated carbocycles. The van der Waals surface area contributed by atoms with E-state index < -0.39 is 4.92 Å². The van der Waals surface area contributed by atoms with Crippen LogP contribution < -0.4 is 10.5 Å². The van der Waals surface area contributed by atoms with E-state index in [4.69, 9.17) is 10.5 Å². The van der Waals surface area contributed by atoms with Crippen LogP contribution in [0.2, 0.25) is 0 Å². The van der Waals surface area contributed by atoms with Crippen molar-refractivity contribution in [3.05, 3.63) is 57.4 Å². The summed E-state index contributed by atoms with van der Waals surface area (Å²) >= 11 is 0. The predicted octanol–water partition coefficient (Wildman–Crippen LogP) is 2.77. The zero-order chi connectivity index (χ0) is 14.7. The minimum absolute atomic E-state index is 0.0891. The highest BCUT2D eigenvalue weighted by atomic mass is 16.6. The molecule has 0 fully saturated rings. The van der Waals surface area contributed by atoms with Crippen LogP contribution in [0.5, 0.6) is 5.75 Å². The first-order valence-corrected chi connectivity index (χ1v) is 6.07. The van der Waals surface area contributed by atoms with Gasteiger partial charge >= 0.3 is 0 Å². The third-order valence-corrected chi connectivity index (χ3v) is 2.99. The molecule has 1 aromatic carbocycles. The third kappa shape index (κ3) is 2.85. The first kappa shape index (κ1) is 13.8. The quantitative estimate of drug-likeness (QED) is 0.525. The van der Waals surface area contributed by atoms with E-state index in [0.717, 1.165) is 0 Å². The molecule has 1 aromatic heterocycles. The lowest BCUT2D eigenvalue weighted by Gasteiger charge is -2.09. The Morgan fingerprint density at radius 3 is 2.80 bits per heavy atom. The van der Waals surface area contributed by atoms with E-state index in [0.29, 0.717) is 28.3 Å². The Morgan fingerprint density at radius 2 is 2.15 bits per heavy atom. The predicted molar refractivity (Wildman–Crippen MR) is 75.6 cm³/mol. The van der Waals surface area contributed by atoms with Crippen molar-refractivity contribution in [2.45, 2.75) is 20.5 Å². The highest BCUT2D eigenvalue weighted by Crippen LogP contribution is 2.25. The summed E-state index contributed by atoms with van der Waals surface area (Å²) < 4.78 is 5.56. The molecule has 20 heavy (non-hydrogen) atoms. The van der Waals surface area contributed by atoms with E-state index in [-0.39, 0.29) is 12.3 Å². The zero-order valence-corrected chi connectivity index (χ0v) is 11.3. The van der Waals surface area contributed by atoms with Crippen LogP contribution in [0.4, 0.5) is 11.4 Å². The topological polar surface area (TPSA) is 91.3 Å².